The van der Waals surface area contributed by atoms with Gasteiger partial charge in [-0.15, -0.1) is 6.58 Å². The van der Waals surface area contributed by atoms with Crippen molar-refractivity contribution < 1.29 is 18.0 Å². The second-order valence-electron chi connectivity index (χ2n) is 2.94. The average Bonchev–Trinajstić information content (AvgIpc) is 2.48. The predicted octanol–water partition coefficient (Wildman–Crippen LogP) is 1.73. The fourth-order valence-corrected chi connectivity index (χ4v) is 1.45. The van der Waals surface area contributed by atoms with E-state index in [0.717, 1.165) is 4.90 Å². The smallest absolute Gasteiger partial charge is 0.328 e. The van der Waals surface area contributed by atoms with Crippen molar-refractivity contribution in [3.05, 3.63) is 12.7 Å². The summed E-state index contributed by atoms with van der Waals surface area (Å²) in [5.41, 5.74) is 0. The fourth-order valence-electron chi connectivity index (χ4n) is 1.45. The van der Waals surface area contributed by atoms with E-state index in [1.54, 1.807) is 0 Å². The zero-order chi connectivity index (χ0) is 10.1. The Labute approximate surface area is 74.0 Å². The van der Waals surface area contributed by atoms with E-state index in [2.05, 4.69) is 6.58 Å². The van der Waals surface area contributed by atoms with Crippen LogP contribution in [0.3, 0.4) is 0 Å². The van der Waals surface area contributed by atoms with Crippen LogP contribution in [0.1, 0.15) is 12.8 Å². The van der Waals surface area contributed by atoms with Gasteiger partial charge in [0.25, 0.3) is 0 Å². The highest BCUT2D eigenvalue weighted by Gasteiger charge is 2.45. The molecule has 0 spiro atoms. The SMILES string of the molecule is C=C[C@H]1CCCN1C(=O)C(F)(F)F. The van der Waals surface area contributed by atoms with Gasteiger partial charge in [-0.2, -0.15) is 13.2 Å². The van der Waals surface area contributed by atoms with Crippen LogP contribution in [-0.2, 0) is 4.79 Å². The molecule has 74 valence electrons. The molecule has 13 heavy (non-hydrogen) atoms. The highest BCUT2D eigenvalue weighted by atomic mass is 19.4. The summed E-state index contributed by atoms with van der Waals surface area (Å²) in [5, 5.41) is 0. The van der Waals surface area contributed by atoms with Crippen molar-refractivity contribution in [1.82, 2.24) is 4.90 Å². The molecule has 0 saturated carbocycles. The van der Waals surface area contributed by atoms with Gasteiger partial charge in [0.15, 0.2) is 0 Å². The largest absolute Gasteiger partial charge is 0.471 e. The van der Waals surface area contributed by atoms with Gasteiger partial charge in [0.05, 0.1) is 6.04 Å². The Morgan fingerprint density at radius 1 is 1.54 bits per heavy atom. The molecular weight excluding hydrogens is 183 g/mol. The first-order valence-corrected chi connectivity index (χ1v) is 3.97. The molecule has 0 aromatic heterocycles. The van der Waals surface area contributed by atoms with Crippen LogP contribution in [0.5, 0.6) is 0 Å². The number of amides is 1. The Bertz CT molecular complexity index is 224. The topological polar surface area (TPSA) is 20.3 Å². The maximum absolute atomic E-state index is 12.0. The molecule has 1 heterocycles. The minimum Gasteiger partial charge on any atom is -0.328 e. The van der Waals surface area contributed by atoms with Gasteiger partial charge in [0, 0.05) is 6.54 Å². The van der Waals surface area contributed by atoms with E-state index < -0.39 is 18.1 Å². The second-order valence-corrected chi connectivity index (χ2v) is 2.94. The third kappa shape index (κ3) is 2.02. The summed E-state index contributed by atoms with van der Waals surface area (Å²) in [7, 11) is 0. The van der Waals surface area contributed by atoms with Crippen molar-refractivity contribution in [2.75, 3.05) is 6.54 Å². The van der Waals surface area contributed by atoms with E-state index >= 15 is 0 Å². The summed E-state index contributed by atoms with van der Waals surface area (Å²) < 4.78 is 36.0. The Hall–Kier alpha value is -1.00. The fraction of sp³-hybridized carbons (Fsp3) is 0.625. The zero-order valence-corrected chi connectivity index (χ0v) is 6.97. The molecule has 1 aliphatic heterocycles. The molecule has 0 aromatic carbocycles. The number of likely N-dealkylation sites (tertiary alicyclic amines) is 1. The van der Waals surface area contributed by atoms with E-state index in [-0.39, 0.29) is 6.54 Å². The van der Waals surface area contributed by atoms with Crippen molar-refractivity contribution in [3.8, 4) is 0 Å². The third-order valence-electron chi connectivity index (χ3n) is 2.07. The molecule has 0 bridgehead atoms. The molecule has 1 fully saturated rings. The van der Waals surface area contributed by atoms with Crippen LogP contribution < -0.4 is 0 Å². The van der Waals surface area contributed by atoms with Gasteiger partial charge in [-0.3, -0.25) is 4.79 Å². The lowest BCUT2D eigenvalue weighted by Gasteiger charge is -2.22. The summed E-state index contributed by atoms with van der Waals surface area (Å²) >= 11 is 0. The monoisotopic (exact) mass is 193 g/mol. The molecule has 1 saturated heterocycles. The van der Waals surface area contributed by atoms with Crippen LogP contribution in [-0.4, -0.2) is 29.6 Å². The van der Waals surface area contributed by atoms with Crippen molar-refractivity contribution in [2.45, 2.75) is 25.1 Å². The average molecular weight is 193 g/mol. The van der Waals surface area contributed by atoms with Crippen LogP contribution in [0.25, 0.3) is 0 Å². The number of halogens is 3. The minimum atomic E-state index is -4.76. The maximum atomic E-state index is 12.0. The molecule has 1 atom stereocenters. The Kier molecular flexibility index (Phi) is 2.63. The normalized spacial score (nSPS) is 23.3. The molecule has 5 heteroatoms. The molecule has 1 aliphatic rings. The predicted molar refractivity (Wildman–Crippen MR) is 41.0 cm³/mol. The number of nitrogens with zero attached hydrogens (tertiary/aromatic N) is 1. The zero-order valence-electron chi connectivity index (χ0n) is 6.97. The van der Waals surface area contributed by atoms with Crippen LogP contribution in [0, 0.1) is 0 Å². The number of carbonyl (C=O) groups excluding carboxylic acids is 1. The molecule has 0 N–H and O–H groups in total. The Balaban J connectivity index is 2.71. The number of hydrogen-bond acceptors (Lipinski definition) is 1. The second kappa shape index (κ2) is 3.40. The van der Waals surface area contributed by atoms with Crippen LogP contribution >= 0.6 is 0 Å². The lowest BCUT2D eigenvalue weighted by atomic mass is 10.2. The van der Waals surface area contributed by atoms with Gasteiger partial charge in [-0.1, -0.05) is 6.08 Å². The first-order valence-electron chi connectivity index (χ1n) is 3.97. The molecule has 1 amide bonds. The maximum Gasteiger partial charge on any atom is 0.471 e. The highest BCUT2D eigenvalue weighted by molar-refractivity contribution is 5.82. The Morgan fingerprint density at radius 3 is 2.62 bits per heavy atom. The molecule has 0 aromatic rings. The highest BCUT2D eigenvalue weighted by Crippen LogP contribution is 2.25. The van der Waals surface area contributed by atoms with Crippen LogP contribution in [0.4, 0.5) is 13.2 Å². The van der Waals surface area contributed by atoms with Gasteiger partial charge in [-0.25, -0.2) is 0 Å². The number of carbonyl (C=O) groups is 1. The minimum absolute atomic E-state index is 0.176. The third-order valence-corrected chi connectivity index (χ3v) is 2.07. The number of alkyl halides is 3. The summed E-state index contributed by atoms with van der Waals surface area (Å²) in [6, 6.07) is -0.450. The summed E-state index contributed by atoms with van der Waals surface area (Å²) in [4.78, 5) is 11.6. The molecule has 2 nitrogen and oxygen atoms in total. The van der Waals surface area contributed by atoms with Crippen LogP contribution in [0.15, 0.2) is 12.7 Å². The summed E-state index contributed by atoms with van der Waals surface area (Å²) in [6.45, 7) is 3.57. The number of rotatable bonds is 1. The van der Waals surface area contributed by atoms with E-state index in [1.807, 2.05) is 0 Å². The molecular formula is C8H10F3NO. The first-order chi connectivity index (χ1) is 5.96. The van der Waals surface area contributed by atoms with Crippen molar-refractivity contribution in [2.24, 2.45) is 0 Å². The van der Waals surface area contributed by atoms with Gasteiger partial charge >= 0.3 is 12.1 Å². The van der Waals surface area contributed by atoms with Gasteiger partial charge in [0.2, 0.25) is 0 Å². The molecule has 0 unspecified atom stereocenters. The number of hydrogen-bond donors (Lipinski definition) is 0. The molecule has 0 aliphatic carbocycles. The lowest BCUT2D eigenvalue weighted by Crippen LogP contribution is -2.43. The van der Waals surface area contributed by atoms with Gasteiger partial charge in [0.1, 0.15) is 0 Å². The van der Waals surface area contributed by atoms with Crippen molar-refractivity contribution >= 4 is 5.91 Å². The van der Waals surface area contributed by atoms with E-state index in [0.29, 0.717) is 12.8 Å². The van der Waals surface area contributed by atoms with E-state index in [1.165, 1.54) is 6.08 Å². The quantitative estimate of drug-likeness (QED) is 0.581. The van der Waals surface area contributed by atoms with Crippen LogP contribution in [0.2, 0.25) is 0 Å². The summed E-state index contributed by atoms with van der Waals surface area (Å²) in [5.74, 6) is -1.75. The molecule has 1 rings (SSSR count). The van der Waals surface area contributed by atoms with Gasteiger partial charge in [-0.05, 0) is 12.8 Å². The van der Waals surface area contributed by atoms with Crippen molar-refractivity contribution in [3.63, 3.8) is 0 Å². The first kappa shape index (κ1) is 10.1. The van der Waals surface area contributed by atoms with Gasteiger partial charge < -0.3 is 4.90 Å². The Morgan fingerprint density at radius 2 is 2.15 bits per heavy atom. The lowest BCUT2D eigenvalue weighted by molar-refractivity contribution is -0.185. The summed E-state index contributed by atoms with van der Waals surface area (Å²) in [6.07, 6.45) is -2.19. The molecule has 0 radical (unpaired) electrons. The standard InChI is InChI=1S/C8H10F3NO/c1-2-6-4-3-5-12(6)7(13)8(9,10)11/h2,6H,1,3-5H2/t6-/m0/s1. The van der Waals surface area contributed by atoms with E-state index in [4.69, 9.17) is 0 Å². The van der Waals surface area contributed by atoms with E-state index in [9.17, 15) is 18.0 Å². The van der Waals surface area contributed by atoms with Crippen molar-refractivity contribution in [1.29, 1.82) is 0 Å².